The highest BCUT2D eigenvalue weighted by atomic mass is 16.2. The van der Waals surface area contributed by atoms with Gasteiger partial charge < -0.3 is 4.90 Å². The van der Waals surface area contributed by atoms with E-state index in [0.717, 1.165) is 25.8 Å². The van der Waals surface area contributed by atoms with E-state index in [1.165, 1.54) is 18.4 Å². The Kier molecular flexibility index (Phi) is 5.28. The van der Waals surface area contributed by atoms with E-state index in [4.69, 9.17) is 5.26 Å². The van der Waals surface area contributed by atoms with Crippen LogP contribution in [-0.2, 0) is 6.42 Å². The summed E-state index contributed by atoms with van der Waals surface area (Å²) in [6.07, 6.45) is 5.41. The Bertz CT molecular complexity index is 727. The number of carbonyl (C=O) groups is 1. The van der Waals surface area contributed by atoms with Gasteiger partial charge >= 0.3 is 0 Å². The fourth-order valence-electron chi connectivity index (χ4n) is 3.45. The van der Waals surface area contributed by atoms with Crippen molar-refractivity contribution in [1.29, 1.82) is 5.26 Å². The first-order valence-corrected chi connectivity index (χ1v) is 8.63. The average Bonchev–Trinajstić information content (AvgIpc) is 3.17. The zero-order valence-corrected chi connectivity index (χ0v) is 13.8. The van der Waals surface area contributed by atoms with Crippen molar-refractivity contribution in [1.82, 2.24) is 4.90 Å². The Balaban J connectivity index is 1.78. The molecule has 0 saturated heterocycles. The summed E-state index contributed by atoms with van der Waals surface area (Å²) in [7, 11) is 0. The standard InChI is InChI=1S/C21H22N2O/c22-16-18-9-6-10-19(15-18)21(24)23(20-11-4-5-12-20)14-13-17-7-2-1-3-8-17/h1-3,6-10,15,20H,4-5,11-14H2. The van der Waals surface area contributed by atoms with Gasteiger partial charge in [0.05, 0.1) is 11.6 Å². The lowest BCUT2D eigenvalue weighted by molar-refractivity contribution is 0.0684. The third kappa shape index (κ3) is 3.83. The Labute approximate surface area is 143 Å². The van der Waals surface area contributed by atoms with Crippen molar-refractivity contribution in [3.63, 3.8) is 0 Å². The first-order chi connectivity index (χ1) is 11.8. The summed E-state index contributed by atoms with van der Waals surface area (Å²) in [5.74, 6) is 0.0509. The maximum absolute atomic E-state index is 13.0. The highest BCUT2D eigenvalue weighted by Crippen LogP contribution is 2.25. The van der Waals surface area contributed by atoms with E-state index >= 15 is 0 Å². The van der Waals surface area contributed by atoms with E-state index < -0.39 is 0 Å². The molecule has 24 heavy (non-hydrogen) atoms. The first kappa shape index (κ1) is 16.3. The molecule has 0 heterocycles. The summed E-state index contributed by atoms with van der Waals surface area (Å²) < 4.78 is 0. The molecule has 1 aliphatic carbocycles. The van der Waals surface area contributed by atoms with Crippen LogP contribution in [0.1, 0.15) is 47.2 Å². The van der Waals surface area contributed by atoms with E-state index in [1.54, 1.807) is 18.2 Å². The lowest BCUT2D eigenvalue weighted by atomic mass is 10.1. The molecule has 2 aromatic carbocycles. The summed E-state index contributed by atoms with van der Waals surface area (Å²) in [5, 5.41) is 9.07. The van der Waals surface area contributed by atoms with Crippen LogP contribution in [0.25, 0.3) is 0 Å². The minimum absolute atomic E-state index is 0.0509. The number of rotatable bonds is 5. The van der Waals surface area contributed by atoms with Crippen molar-refractivity contribution in [3.8, 4) is 6.07 Å². The molecular formula is C21H22N2O. The summed E-state index contributed by atoms with van der Waals surface area (Å²) in [4.78, 5) is 15.1. The molecule has 3 nitrogen and oxygen atoms in total. The van der Waals surface area contributed by atoms with E-state index in [2.05, 4.69) is 18.2 Å². The van der Waals surface area contributed by atoms with Gasteiger partial charge in [-0.1, -0.05) is 49.2 Å². The molecule has 0 N–H and O–H groups in total. The molecule has 0 aliphatic heterocycles. The minimum Gasteiger partial charge on any atom is -0.335 e. The number of benzene rings is 2. The van der Waals surface area contributed by atoms with Crippen molar-refractivity contribution < 1.29 is 4.79 Å². The summed E-state index contributed by atoms with van der Waals surface area (Å²) in [6, 6.07) is 19.8. The van der Waals surface area contributed by atoms with Gasteiger partial charge in [-0.15, -0.1) is 0 Å². The molecule has 0 bridgehead atoms. The van der Waals surface area contributed by atoms with Gasteiger partial charge in [0.2, 0.25) is 0 Å². The van der Waals surface area contributed by atoms with E-state index in [0.29, 0.717) is 17.2 Å². The number of nitriles is 1. The zero-order valence-electron chi connectivity index (χ0n) is 13.8. The summed E-state index contributed by atoms with van der Waals surface area (Å²) >= 11 is 0. The molecule has 0 aromatic heterocycles. The number of hydrogen-bond acceptors (Lipinski definition) is 2. The van der Waals surface area contributed by atoms with Crippen molar-refractivity contribution >= 4 is 5.91 Å². The van der Waals surface area contributed by atoms with Gasteiger partial charge in [-0.2, -0.15) is 5.26 Å². The number of carbonyl (C=O) groups excluding carboxylic acids is 1. The predicted octanol–water partition coefficient (Wildman–Crippen LogP) is 4.19. The zero-order chi connectivity index (χ0) is 16.8. The number of hydrogen-bond donors (Lipinski definition) is 0. The second-order valence-electron chi connectivity index (χ2n) is 6.37. The van der Waals surface area contributed by atoms with E-state index in [9.17, 15) is 4.79 Å². The predicted molar refractivity (Wildman–Crippen MR) is 94.6 cm³/mol. The smallest absolute Gasteiger partial charge is 0.254 e. The molecule has 1 fully saturated rings. The van der Waals surface area contributed by atoms with Crippen LogP contribution in [-0.4, -0.2) is 23.4 Å². The van der Waals surface area contributed by atoms with Crippen molar-refractivity contribution in [2.45, 2.75) is 38.1 Å². The first-order valence-electron chi connectivity index (χ1n) is 8.63. The lowest BCUT2D eigenvalue weighted by Gasteiger charge is -2.29. The highest BCUT2D eigenvalue weighted by molar-refractivity contribution is 5.94. The molecule has 1 amide bonds. The molecule has 122 valence electrons. The topological polar surface area (TPSA) is 44.1 Å². The largest absolute Gasteiger partial charge is 0.335 e. The molecule has 0 atom stereocenters. The summed E-state index contributed by atoms with van der Waals surface area (Å²) in [6.45, 7) is 0.726. The Morgan fingerprint density at radius 1 is 1.08 bits per heavy atom. The maximum Gasteiger partial charge on any atom is 0.254 e. The number of nitrogens with zero attached hydrogens (tertiary/aromatic N) is 2. The minimum atomic E-state index is 0.0509. The summed E-state index contributed by atoms with van der Waals surface area (Å²) in [5.41, 5.74) is 2.41. The fourth-order valence-corrected chi connectivity index (χ4v) is 3.45. The normalized spacial score (nSPS) is 14.3. The van der Waals surface area contributed by atoms with Crippen molar-refractivity contribution in [3.05, 3.63) is 71.3 Å². The van der Waals surface area contributed by atoms with Crippen LogP contribution in [0, 0.1) is 11.3 Å². The van der Waals surface area contributed by atoms with Crippen LogP contribution in [0.2, 0.25) is 0 Å². The van der Waals surface area contributed by atoms with E-state index in [1.807, 2.05) is 29.2 Å². The van der Waals surface area contributed by atoms with Gasteiger partial charge in [0, 0.05) is 18.2 Å². The lowest BCUT2D eigenvalue weighted by Crippen LogP contribution is -2.40. The fraction of sp³-hybridized carbons (Fsp3) is 0.333. The molecule has 3 rings (SSSR count). The average molecular weight is 318 g/mol. The molecule has 0 unspecified atom stereocenters. The third-order valence-corrected chi connectivity index (χ3v) is 4.75. The molecule has 3 heteroatoms. The SMILES string of the molecule is N#Cc1cccc(C(=O)N(CCc2ccccc2)C2CCCC2)c1. The molecular weight excluding hydrogens is 296 g/mol. The third-order valence-electron chi connectivity index (χ3n) is 4.75. The van der Waals surface area contributed by atoms with Crippen LogP contribution in [0.15, 0.2) is 54.6 Å². The molecule has 1 aliphatic rings. The van der Waals surface area contributed by atoms with Crippen LogP contribution < -0.4 is 0 Å². The number of amides is 1. The quantitative estimate of drug-likeness (QED) is 0.830. The van der Waals surface area contributed by atoms with Crippen LogP contribution in [0.4, 0.5) is 0 Å². The molecule has 0 radical (unpaired) electrons. The molecule has 1 saturated carbocycles. The second kappa shape index (κ2) is 7.79. The Morgan fingerprint density at radius 2 is 1.83 bits per heavy atom. The van der Waals surface area contributed by atoms with Crippen LogP contribution in [0.3, 0.4) is 0 Å². The molecule has 2 aromatic rings. The van der Waals surface area contributed by atoms with Gasteiger partial charge in [-0.25, -0.2) is 0 Å². The van der Waals surface area contributed by atoms with Crippen molar-refractivity contribution in [2.24, 2.45) is 0 Å². The van der Waals surface area contributed by atoms with Gasteiger partial charge in [0.15, 0.2) is 0 Å². The maximum atomic E-state index is 13.0. The van der Waals surface area contributed by atoms with Gasteiger partial charge in [0.25, 0.3) is 5.91 Å². The van der Waals surface area contributed by atoms with Crippen LogP contribution in [0.5, 0.6) is 0 Å². The van der Waals surface area contributed by atoms with Gasteiger partial charge in [-0.05, 0) is 43.0 Å². The molecule has 0 spiro atoms. The van der Waals surface area contributed by atoms with Crippen LogP contribution >= 0.6 is 0 Å². The van der Waals surface area contributed by atoms with Gasteiger partial charge in [-0.3, -0.25) is 4.79 Å². The van der Waals surface area contributed by atoms with Gasteiger partial charge in [0.1, 0.15) is 0 Å². The van der Waals surface area contributed by atoms with Crippen molar-refractivity contribution in [2.75, 3.05) is 6.54 Å². The highest BCUT2D eigenvalue weighted by Gasteiger charge is 2.27. The second-order valence-corrected chi connectivity index (χ2v) is 6.37. The Morgan fingerprint density at radius 3 is 2.54 bits per heavy atom. The van der Waals surface area contributed by atoms with E-state index in [-0.39, 0.29) is 5.91 Å². The Hall–Kier alpha value is -2.60. The monoisotopic (exact) mass is 318 g/mol.